The summed E-state index contributed by atoms with van der Waals surface area (Å²) in [5.74, 6) is 0.428. The Morgan fingerprint density at radius 1 is 1.03 bits per heavy atom. The van der Waals surface area contributed by atoms with Crippen molar-refractivity contribution in [1.82, 2.24) is 19.2 Å². The second-order valence-corrected chi connectivity index (χ2v) is 11.4. The highest BCUT2D eigenvalue weighted by atomic mass is 32.2. The van der Waals surface area contributed by atoms with Crippen LogP contribution in [0.2, 0.25) is 0 Å². The Morgan fingerprint density at radius 2 is 1.63 bits per heavy atom. The van der Waals surface area contributed by atoms with Gasteiger partial charge in [-0.2, -0.15) is 4.31 Å². The number of benzene rings is 2. The molecule has 186 valence electrons. The number of hydrogen-bond donors (Lipinski definition) is 1. The van der Waals surface area contributed by atoms with Crippen molar-refractivity contribution in [2.75, 3.05) is 13.1 Å². The van der Waals surface area contributed by atoms with Gasteiger partial charge < -0.3 is 9.88 Å². The average molecular weight is 495 g/mol. The van der Waals surface area contributed by atoms with Gasteiger partial charge >= 0.3 is 0 Å². The third-order valence-electron chi connectivity index (χ3n) is 7.26. The Bertz CT molecular complexity index is 1300. The van der Waals surface area contributed by atoms with Crippen molar-refractivity contribution in [1.29, 1.82) is 0 Å². The van der Waals surface area contributed by atoms with E-state index < -0.39 is 10.0 Å². The highest BCUT2D eigenvalue weighted by Gasteiger charge is 2.35. The van der Waals surface area contributed by atoms with Gasteiger partial charge in [-0.1, -0.05) is 36.4 Å². The van der Waals surface area contributed by atoms with Crippen LogP contribution >= 0.6 is 0 Å². The standard InChI is InChI=1S/C27H34N4O3S/c1-18-17-19(2)21(4)25(20(18)3)35(33,34)31-14-11-23(12-15-31)27(32)29-24(22-9-7-6-8-10-22)26-28-13-16-30(26)5/h6-10,13,16-17,23-24H,11-12,14-15H2,1-5H3,(H,29,32). The summed E-state index contributed by atoms with van der Waals surface area (Å²) >= 11 is 0. The van der Waals surface area contributed by atoms with Gasteiger partial charge in [0.2, 0.25) is 15.9 Å². The second-order valence-electron chi connectivity index (χ2n) is 9.52. The van der Waals surface area contributed by atoms with Crippen LogP contribution in [0, 0.1) is 33.6 Å². The summed E-state index contributed by atoms with van der Waals surface area (Å²) in [5, 5.41) is 3.17. The maximum Gasteiger partial charge on any atom is 0.243 e. The molecule has 4 rings (SSSR count). The van der Waals surface area contributed by atoms with Crippen LogP contribution in [0.3, 0.4) is 0 Å². The summed E-state index contributed by atoms with van der Waals surface area (Å²) in [4.78, 5) is 18.2. The molecule has 1 fully saturated rings. The van der Waals surface area contributed by atoms with Crippen molar-refractivity contribution in [2.45, 2.75) is 51.5 Å². The number of aryl methyl sites for hydroxylation is 3. The average Bonchev–Trinajstić information content (AvgIpc) is 3.27. The molecule has 35 heavy (non-hydrogen) atoms. The number of amides is 1. The molecule has 1 saturated heterocycles. The lowest BCUT2D eigenvalue weighted by atomic mass is 9.96. The van der Waals surface area contributed by atoms with E-state index in [2.05, 4.69) is 10.3 Å². The Hall–Kier alpha value is -2.97. The molecular weight excluding hydrogens is 460 g/mol. The molecule has 7 nitrogen and oxygen atoms in total. The largest absolute Gasteiger partial charge is 0.342 e. The topological polar surface area (TPSA) is 84.3 Å². The summed E-state index contributed by atoms with van der Waals surface area (Å²) in [6.45, 7) is 8.28. The Morgan fingerprint density at radius 3 is 2.17 bits per heavy atom. The first-order valence-electron chi connectivity index (χ1n) is 12.0. The van der Waals surface area contributed by atoms with E-state index in [0.717, 1.165) is 33.6 Å². The molecule has 1 atom stereocenters. The summed E-state index contributed by atoms with van der Waals surface area (Å²) in [6, 6.07) is 11.4. The Kier molecular flexibility index (Phi) is 7.15. The van der Waals surface area contributed by atoms with Gasteiger partial charge in [-0.05, 0) is 68.4 Å². The number of aromatic nitrogens is 2. The second kappa shape index (κ2) is 9.95. The summed E-state index contributed by atoms with van der Waals surface area (Å²) in [6.07, 6.45) is 4.54. The van der Waals surface area contributed by atoms with Gasteiger partial charge in [0.15, 0.2) is 0 Å². The minimum Gasteiger partial charge on any atom is -0.342 e. The number of nitrogens with zero attached hydrogens (tertiary/aromatic N) is 3. The quantitative estimate of drug-likeness (QED) is 0.562. The third-order valence-corrected chi connectivity index (χ3v) is 9.43. The van der Waals surface area contributed by atoms with Crippen LogP contribution in [0.15, 0.2) is 53.7 Å². The molecular formula is C27H34N4O3S. The van der Waals surface area contributed by atoms with E-state index in [1.165, 1.54) is 0 Å². The van der Waals surface area contributed by atoms with Crippen molar-refractivity contribution in [3.8, 4) is 0 Å². The normalized spacial score (nSPS) is 16.3. The number of nitrogens with one attached hydrogen (secondary N) is 1. The first-order valence-corrected chi connectivity index (χ1v) is 13.5. The van der Waals surface area contributed by atoms with Crippen molar-refractivity contribution in [3.05, 3.63) is 82.4 Å². The lowest BCUT2D eigenvalue weighted by molar-refractivity contribution is -0.126. The predicted octanol–water partition coefficient (Wildman–Crippen LogP) is 3.96. The summed E-state index contributed by atoms with van der Waals surface area (Å²) in [7, 11) is -1.73. The molecule has 1 amide bonds. The van der Waals surface area contributed by atoms with E-state index in [1.807, 2.05) is 81.9 Å². The van der Waals surface area contributed by atoms with Crippen LogP contribution < -0.4 is 5.32 Å². The molecule has 1 aliphatic heterocycles. The summed E-state index contributed by atoms with van der Waals surface area (Å²) < 4.78 is 30.6. The fraction of sp³-hybridized carbons (Fsp3) is 0.407. The van der Waals surface area contributed by atoms with E-state index in [9.17, 15) is 13.2 Å². The highest BCUT2D eigenvalue weighted by molar-refractivity contribution is 7.89. The summed E-state index contributed by atoms with van der Waals surface area (Å²) in [5.41, 5.74) is 4.50. The SMILES string of the molecule is Cc1cc(C)c(C)c(S(=O)(=O)N2CCC(C(=O)NC(c3ccccc3)c3nccn3C)CC2)c1C. The minimum absolute atomic E-state index is 0.0716. The molecule has 2 aromatic carbocycles. The monoisotopic (exact) mass is 494 g/mol. The first kappa shape index (κ1) is 25.1. The molecule has 8 heteroatoms. The molecule has 1 N–H and O–H groups in total. The maximum absolute atomic E-state index is 13.6. The van der Waals surface area contributed by atoms with Crippen molar-refractivity contribution in [3.63, 3.8) is 0 Å². The molecule has 0 bridgehead atoms. The van der Waals surface area contributed by atoms with Gasteiger partial charge in [-0.3, -0.25) is 4.79 Å². The fourth-order valence-corrected chi connectivity index (χ4v) is 6.96. The van der Waals surface area contributed by atoms with Crippen LogP contribution in [-0.4, -0.2) is 41.3 Å². The Labute approximate surface area is 208 Å². The van der Waals surface area contributed by atoms with Crippen molar-refractivity contribution >= 4 is 15.9 Å². The molecule has 0 spiro atoms. The molecule has 1 aliphatic rings. The van der Waals surface area contributed by atoms with E-state index in [-0.39, 0.29) is 17.9 Å². The van der Waals surface area contributed by atoms with Gasteiger partial charge in [0.1, 0.15) is 11.9 Å². The molecule has 1 unspecified atom stereocenters. The number of imidazole rings is 1. The zero-order valence-corrected chi connectivity index (χ0v) is 21.9. The molecule has 1 aromatic heterocycles. The van der Waals surface area contributed by atoms with Gasteiger partial charge in [0, 0.05) is 38.4 Å². The van der Waals surface area contributed by atoms with Gasteiger partial charge in [-0.25, -0.2) is 13.4 Å². The predicted molar refractivity (Wildman–Crippen MR) is 137 cm³/mol. The smallest absolute Gasteiger partial charge is 0.243 e. The highest BCUT2D eigenvalue weighted by Crippen LogP contribution is 2.31. The van der Waals surface area contributed by atoms with Crippen LogP contribution in [0.4, 0.5) is 0 Å². The molecule has 2 heterocycles. The van der Waals surface area contributed by atoms with Crippen LogP contribution in [0.5, 0.6) is 0 Å². The van der Waals surface area contributed by atoms with E-state index >= 15 is 0 Å². The van der Waals surface area contributed by atoms with Crippen LogP contribution in [0.1, 0.15) is 52.5 Å². The lowest BCUT2D eigenvalue weighted by Gasteiger charge is -2.32. The number of rotatable bonds is 6. The van der Waals surface area contributed by atoms with Crippen LogP contribution in [-0.2, 0) is 21.9 Å². The van der Waals surface area contributed by atoms with Gasteiger partial charge in [-0.15, -0.1) is 0 Å². The number of carbonyl (C=O) groups excluding carboxylic acids is 1. The lowest BCUT2D eigenvalue weighted by Crippen LogP contribution is -2.44. The first-order chi connectivity index (χ1) is 16.6. The fourth-order valence-electron chi connectivity index (χ4n) is 4.91. The van der Waals surface area contributed by atoms with Gasteiger partial charge in [0.05, 0.1) is 4.90 Å². The van der Waals surface area contributed by atoms with Gasteiger partial charge in [0.25, 0.3) is 0 Å². The zero-order chi connectivity index (χ0) is 25.3. The van der Waals surface area contributed by atoms with Crippen molar-refractivity contribution in [2.24, 2.45) is 13.0 Å². The van der Waals surface area contributed by atoms with Crippen LogP contribution in [0.25, 0.3) is 0 Å². The third kappa shape index (κ3) is 4.90. The Balaban J connectivity index is 1.50. The zero-order valence-electron chi connectivity index (χ0n) is 21.1. The number of hydrogen-bond acceptors (Lipinski definition) is 4. The maximum atomic E-state index is 13.6. The number of piperidine rings is 1. The van der Waals surface area contributed by atoms with E-state index in [4.69, 9.17) is 0 Å². The number of sulfonamides is 1. The van der Waals surface area contributed by atoms with E-state index in [1.54, 1.807) is 10.5 Å². The minimum atomic E-state index is -3.64. The molecule has 3 aromatic rings. The van der Waals surface area contributed by atoms with E-state index in [0.29, 0.717) is 30.8 Å². The number of carbonyl (C=O) groups is 1. The van der Waals surface area contributed by atoms with Crippen molar-refractivity contribution < 1.29 is 13.2 Å². The molecule has 0 aliphatic carbocycles. The molecule has 0 saturated carbocycles. The molecule has 0 radical (unpaired) electrons.